The monoisotopic (exact) mass is 308 g/mol. The standard InChI is InChI=1S/C22H44/c1-6-7-8-9-12-15-18-21(4)22(5)19-16-13-10-11-14-17-20(2)3/h20,22H,4,6-19H2,1-3,5H3. The molecular weight excluding hydrogens is 264 g/mol. The highest BCUT2D eigenvalue weighted by Gasteiger charge is 2.06. The fraction of sp³-hybridized carbons (Fsp3) is 0.909. The summed E-state index contributed by atoms with van der Waals surface area (Å²) in [5.41, 5.74) is 1.51. The second kappa shape index (κ2) is 15.6. The Hall–Kier alpha value is -0.260. The van der Waals surface area contributed by atoms with Crippen LogP contribution in [0.3, 0.4) is 0 Å². The third-order valence-corrected chi connectivity index (χ3v) is 4.97. The molecule has 132 valence electrons. The average Bonchev–Trinajstić information content (AvgIpc) is 2.49. The summed E-state index contributed by atoms with van der Waals surface area (Å²) < 4.78 is 0. The van der Waals surface area contributed by atoms with Crippen LogP contribution in [0.4, 0.5) is 0 Å². The highest BCUT2D eigenvalue weighted by atomic mass is 14.1. The second-order valence-electron chi connectivity index (χ2n) is 7.82. The van der Waals surface area contributed by atoms with Crippen molar-refractivity contribution in [2.75, 3.05) is 0 Å². The Bertz CT molecular complexity index is 238. The lowest BCUT2D eigenvalue weighted by Crippen LogP contribution is -1.99. The van der Waals surface area contributed by atoms with Gasteiger partial charge in [0.05, 0.1) is 0 Å². The van der Waals surface area contributed by atoms with Crippen LogP contribution < -0.4 is 0 Å². The van der Waals surface area contributed by atoms with Gasteiger partial charge in [-0.3, -0.25) is 0 Å². The zero-order valence-electron chi connectivity index (χ0n) is 16.3. The lowest BCUT2D eigenvalue weighted by Gasteiger charge is -2.14. The Balaban J connectivity index is 3.39. The summed E-state index contributed by atoms with van der Waals surface area (Å²) in [6, 6.07) is 0. The lowest BCUT2D eigenvalue weighted by molar-refractivity contribution is 0.489. The van der Waals surface area contributed by atoms with Gasteiger partial charge in [-0.2, -0.15) is 0 Å². The molecule has 0 nitrogen and oxygen atoms in total. The first kappa shape index (κ1) is 21.7. The Morgan fingerprint density at radius 1 is 0.682 bits per heavy atom. The Morgan fingerprint density at radius 3 is 1.77 bits per heavy atom. The normalized spacial score (nSPS) is 12.8. The van der Waals surface area contributed by atoms with Gasteiger partial charge in [-0.15, -0.1) is 0 Å². The van der Waals surface area contributed by atoms with Gasteiger partial charge < -0.3 is 0 Å². The molecule has 1 atom stereocenters. The van der Waals surface area contributed by atoms with Crippen LogP contribution in [0, 0.1) is 11.8 Å². The molecule has 0 N–H and O–H groups in total. The minimum Gasteiger partial charge on any atom is -0.0996 e. The van der Waals surface area contributed by atoms with Crippen LogP contribution in [0.1, 0.15) is 118 Å². The summed E-state index contributed by atoms with van der Waals surface area (Å²) in [5.74, 6) is 1.62. The van der Waals surface area contributed by atoms with Crippen molar-refractivity contribution in [2.45, 2.75) is 118 Å². The van der Waals surface area contributed by atoms with Crippen molar-refractivity contribution in [1.29, 1.82) is 0 Å². The van der Waals surface area contributed by atoms with E-state index in [0.29, 0.717) is 0 Å². The average molecular weight is 309 g/mol. The summed E-state index contributed by atoms with van der Waals surface area (Å²) in [4.78, 5) is 0. The fourth-order valence-electron chi connectivity index (χ4n) is 3.12. The molecule has 22 heavy (non-hydrogen) atoms. The molecule has 0 radical (unpaired) electrons. The molecule has 0 aliphatic heterocycles. The molecule has 0 aromatic heterocycles. The predicted octanol–water partition coefficient (Wildman–Crippen LogP) is 8.32. The largest absolute Gasteiger partial charge is 0.0996 e. The highest BCUT2D eigenvalue weighted by Crippen LogP contribution is 2.22. The first-order chi connectivity index (χ1) is 10.6. The smallest absolute Gasteiger partial charge is 0.0234 e. The molecule has 0 saturated carbocycles. The molecule has 0 aromatic rings. The van der Waals surface area contributed by atoms with Crippen molar-refractivity contribution in [3.05, 3.63) is 12.2 Å². The van der Waals surface area contributed by atoms with Crippen molar-refractivity contribution < 1.29 is 0 Å². The van der Waals surface area contributed by atoms with Gasteiger partial charge in [-0.25, -0.2) is 0 Å². The number of hydrogen-bond acceptors (Lipinski definition) is 0. The molecule has 1 unspecified atom stereocenters. The van der Waals surface area contributed by atoms with Crippen molar-refractivity contribution >= 4 is 0 Å². The van der Waals surface area contributed by atoms with E-state index >= 15 is 0 Å². The molecule has 0 bridgehead atoms. The summed E-state index contributed by atoms with van der Waals surface area (Å²) in [6.45, 7) is 13.7. The van der Waals surface area contributed by atoms with E-state index < -0.39 is 0 Å². The molecule has 0 aliphatic carbocycles. The second-order valence-corrected chi connectivity index (χ2v) is 7.82. The zero-order chi connectivity index (χ0) is 16.6. The number of hydrogen-bond donors (Lipinski definition) is 0. The van der Waals surface area contributed by atoms with Crippen LogP contribution in [-0.2, 0) is 0 Å². The van der Waals surface area contributed by atoms with Crippen LogP contribution in [0.15, 0.2) is 12.2 Å². The number of unbranched alkanes of at least 4 members (excludes halogenated alkanes) is 9. The summed E-state index contributed by atoms with van der Waals surface area (Å²) in [7, 11) is 0. The minimum atomic E-state index is 0.742. The highest BCUT2D eigenvalue weighted by molar-refractivity contribution is 4.98. The summed E-state index contributed by atoms with van der Waals surface area (Å²) in [5, 5.41) is 0. The maximum absolute atomic E-state index is 4.34. The van der Waals surface area contributed by atoms with Gasteiger partial charge in [0.15, 0.2) is 0 Å². The fourth-order valence-corrected chi connectivity index (χ4v) is 3.12. The van der Waals surface area contributed by atoms with Gasteiger partial charge in [0, 0.05) is 0 Å². The van der Waals surface area contributed by atoms with Crippen LogP contribution in [0.2, 0.25) is 0 Å². The van der Waals surface area contributed by atoms with E-state index in [9.17, 15) is 0 Å². The molecule has 0 aliphatic rings. The lowest BCUT2D eigenvalue weighted by atomic mass is 9.91. The van der Waals surface area contributed by atoms with Crippen LogP contribution in [0.25, 0.3) is 0 Å². The Kier molecular flexibility index (Phi) is 15.4. The van der Waals surface area contributed by atoms with E-state index in [4.69, 9.17) is 0 Å². The van der Waals surface area contributed by atoms with Gasteiger partial charge in [0.25, 0.3) is 0 Å². The molecule has 0 heterocycles. The van der Waals surface area contributed by atoms with Crippen molar-refractivity contribution in [1.82, 2.24) is 0 Å². The zero-order valence-corrected chi connectivity index (χ0v) is 16.3. The maximum atomic E-state index is 4.34. The van der Waals surface area contributed by atoms with Crippen molar-refractivity contribution in [3.8, 4) is 0 Å². The Morgan fingerprint density at radius 2 is 1.18 bits per heavy atom. The van der Waals surface area contributed by atoms with Gasteiger partial charge >= 0.3 is 0 Å². The van der Waals surface area contributed by atoms with Gasteiger partial charge in [-0.1, -0.05) is 110 Å². The molecule has 0 aromatic carbocycles. The quantitative estimate of drug-likeness (QED) is 0.198. The first-order valence-electron chi connectivity index (χ1n) is 10.3. The van der Waals surface area contributed by atoms with Gasteiger partial charge in [0.2, 0.25) is 0 Å². The molecule has 0 fully saturated rings. The number of allylic oxidation sites excluding steroid dienone is 1. The first-order valence-corrected chi connectivity index (χ1v) is 10.3. The van der Waals surface area contributed by atoms with Crippen molar-refractivity contribution in [3.63, 3.8) is 0 Å². The number of rotatable bonds is 16. The molecule has 0 spiro atoms. The Labute approximate surface area is 142 Å². The maximum Gasteiger partial charge on any atom is -0.0234 e. The molecule has 0 rings (SSSR count). The van der Waals surface area contributed by atoms with Gasteiger partial charge in [0.1, 0.15) is 0 Å². The molecule has 0 heteroatoms. The third kappa shape index (κ3) is 14.7. The van der Waals surface area contributed by atoms with E-state index in [1.165, 1.54) is 95.5 Å². The topological polar surface area (TPSA) is 0 Å². The summed E-state index contributed by atoms with van der Waals surface area (Å²) >= 11 is 0. The van der Waals surface area contributed by atoms with E-state index in [-0.39, 0.29) is 0 Å². The van der Waals surface area contributed by atoms with Gasteiger partial charge in [-0.05, 0) is 31.1 Å². The van der Waals surface area contributed by atoms with E-state index in [1.54, 1.807) is 0 Å². The van der Waals surface area contributed by atoms with Crippen LogP contribution in [0.5, 0.6) is 0 Å². The third-order valence-electron chi connectivity index (χ3n) is 4.97. The molecular formula is C22H44. The van der Waals surface area contributed by atoms with E-state index in [1.807, 2.05) is 0 Å². The van der Waals surface area contributed by atoms with Crippen LogP contribution in [-0.4, -0.2) is 0 Å². The van der Waals surface area contributed by atoms with Crippen molar-refractivity contribution in [2.24, 2.45) is 11.8 Å². The predicted molar refractivity (Wildman–Crippen MR) is 103 cm³/mol. The minimum absolute atomic E-state index is 0.742. The van der Waals surface area contributed by atoms with E-state index in [2.05, 4.69) is 34.3 Å². The molecule has 0 amide bonds. The molecule has 0 saturated heterocycles. The van der Waals surface area contributed by atoms with Crippen LogP contribution >= 0.6 is 0 Å². The van der Waals surface area contributed by atoms with E-state index in [0.717, 1.165) is 11.8 Å². The SMILES string of the molecule is C=C(CCCCCCCC)C(C)CCCCCCCC(C)C. The summed E-state index contributed by atoms with van der Waals surface area (Å²) in [6.07, 6.45) is 19.5.